The molecule has 0 aliphatic rings. The third-order valence-electron chi connectivity index (χ3n) is 2.75. The van der Waals surface area contributed by atoms with Crippen LogP contribution < -0.4 is 10.6 Å². The Morgan fingerprint density at radius 2 is 1.85 bits per heavy atom. The highest BCUT2D eigenvalue weighted by Gasteiger charge is 2.35. The lowest BCUT2D eigenvalue weighted by atomic mass is 10.0. The van der Waals surface area contributed by atoms with Crippen LogP contribution in [0.1, 0.15) is 18.1 Å². The Labute approximate surface area is 114 Å². The Morgan fingerprint density at radius 3 is 2.30 bits per heavy atom. The van der Waals surface area contributed by atoms with Crippen molar-refractivity contribution in [3.63, 3.8) is 0 Å². The fourth-order valence-corrected chi connectivity index (χ4v) is 1.95. The molecule has 2 N–H and O–H groups in total. The second-order valence-corrected chi connectivity index (χ2v) is 4.80. The van der Waals surface area contributed by atoms with Crippen LogP contribution in [0.3, 0.4) is 0 Å². The zero-order chi connectivity index (χ0) is 15.5. The van der Waals surface area contributed by atoms with Gasteiger partial charge in [-0.1, -0.05) is 6.07 Å². The number of halogens is 5. The molecule has 1 unspecified atom stereocenters. The van der Waals surface area contributed by atoms with Crippen molar-refractivity contribution in [2.75, 3.05) is 18.5 Å². The summed E-state index contributed by atoms with van der Waals surface area (Å²) in [6.07, 6.45) is -7.01. The minimum Gasteiger partial charge on any atom is -0.368 e. The number of nitrogens with zero attached hydrogens (tertiary/aromatic N) is 1. The van der Waals surface area contributed by atoms with Gasteiger partial charge in [-0.2, -0.15) is 13.2 Å². The quantitative estimate of drug-likeness (QED) is 0.845. The number of alkyl halides is 5. The van der Waals surface area contributed by atoms with Crippen molar-refractivity contribution in [2.24, 2.45) is 5.73 Å². The molecule has 1 aromatic carbocycles. The Hall–Kier alpha value is -1.37. The van der Waals surface area contributed by atoms with Crippen molar-refractivity contribution in [2.45, 2.75) is 32.0 Å². The van der Waals surface area contributed by atoms with Crippen LogP contribution in [0.15, 0.2) is 18.2 Å². The maximum Gasteiger partial charge on any atom is 0.418 e. The van der Waals surface area contributed by atoms with Crippen molar-refractivity contribution >= 4 is 5.69 Å². The van der Waals surface area contributed by atoms with E-state index in [0.717, 1.165) is 11.0 Å². The molecule has 0 aliphatic heterocycles. The summed E-state index contributed by atoms with van der Waals surface area (Å²) < 4.78 is 63.7. The van der Waals surface area contributed by atoms with Gasteiger partial charge >= 0.3 is 6.18 Å². The molecular weight excluding hydrogens is 279 g/mol. The highest BCUT2D eigenvalue weighted by molar-refractivity contribution is 5.56. The lowest BCUT2D eigenvalue weighted by molar-refractivity contribution is -0.137. The number of anilines is 1. The van der Waals surface area contributed by atoms with E-state index in [9.17, 15) is 22.0 Å². The van der Waals surface area contributed by atoms with E-state index in [1.807, 2.05) is 0 Å². The van der Waals surface area contributed by atoms with Gasteiger partial charge < -0.3 is 10.6 Å². The smallest absolute Gasteiger partial charge is 0.368 e. The maximum absolute atomic E-state index is 13.0. The molecular formula is C13H17F5N2. The van der Waals surface area contributed by atoms with Gasteiger partial charge in [-0.15, -0.1) is 0 Å². The molecule has 0 saturated carbocycles. The fraction of sp³-hybridized carbons (Fsp3) is 0.538. The summed E-state index contributed by atoms with van der Waals surface area (Å²) in [4.78, 5) is 0.906. The van der Waals surface area contributed by atoms with Crippen molar-refractivity contribution < 1.29 is 22.0 Å². The summed E-state index contributed by atoms with van der Waals surface area (Å²) in [5.74, 6) is 0. The minimum atomic E-state index is -4.60. The zero-order valence-electron chi connectivity index (χ0n) is 11.2. The van der Waals surface area contributed by atoms with Gasteiger partial charge in [0.2, 0.25) is 0 Å². The molecule has 20 heavy (non-hydrogen) atoms. The standard InChI is InChI=1S/C13H17F5N2/c1-8(19)5-9-3-4-11(20(2)7-12(14)15)10(6-9)13(16,17)18/h3-4,6,8,12H,5,7,19H2,1-2H3. The molecule has 0 radical (unpaired) electrons. The summed E-state index contributed by atoms with van der Waals surface area (Å²) in [7, 11) is 1.21. The Morgan fingerprint density at radius 1 is 1.25 bits per heavy atom. The molecule has 114 valence electrons. The van der Waals surface area contributed by atoms with Gasteiger partial charge in [0.25, 0.3) is 6.43 Å². The van der Waals surface area contributed by atoms with E-state index < -0.39 is 24.7 Å². The van der Waals surface area contributed by atoms with E-state index >= 15 is 0 Å². The minimum absolute atomic E-state index is 0.258. The van der Waals surface area contributed by atoms with Crippen LogP contribution in [0.5, 0.6) is 0 Å². The third kappa shape index (κ3) is 4.63. The first kappa shape index (κ1) is 16.7. The first-order chi connectivity index (χ1) is 9.11. The first-order valence-electron chi connectivity index (χ1n) is 6.06. The lowest BCUT2D eigenvalue weighted by Gasteiger charge is -2.24. The number of hydrogen-bond donors (Lipinski definition) is 1. The van der Waals surface area contributed by atoms with E-state index in [2.05, 4.69) is 0 Å². The molecule has 1 aromatic rings. The van der Waals surface area contributed by atoms with Gasteiger partial charge in [0.15, 0.2) is 0 Å². The second-order valence-electron chi connectivity index (χ2n) is 4.80. The summed E-state index contributed by atoms with van der Waals surface area (Å²) in [5, 5.41) is 0. The largest absolute Gasteiger partial charge is 0.418 e. The topological polar surface area (TPSA) is 29.3 Å². The number of hydrogen-bond acceptors (Lipinski definition) is 2. The van der Waals surface area contributed by atoms with Crippen molar-refractivity contribution in [1.82, 2.24) is 0 Å². The predicted molar refractivity (Wildman–Crippen MR) is 68.1 cm³/mol. The molecule has 1 rings (SSSR count). The van der Waals surface area contributed by atoms with E-state index in [4.69, 9.17) is 5.73 Å². The van der Waals surface area contributed by atoms with Crippen LogP contribution in [0.25, 0.3) is 0 Å². The Balaban J connectivity index is 3.17. The average molecular weight is 296 g/mol. The molecule has 0 aliphatic carbocycles. The summed E-state index contributed by atoms with van der Waals surface area (Å²) in [6.45, 7) is 0.930. The van der Waals surface area contributed by atoms with Gasteiger partial charge in [-0.25, -0.2) is 8.78 Å². The van der Waals surface area contributed by atoms with Crippen LogP contribution in [-0.2, 0) is 12.6 Å². The van der Waals surface area contributed by atoms with Crippen LogP contribution in [0, 0.1) is 0 Å². The van der Waals surface area contributed by atoms with Crippen LogP contribution in [-0.4, -0.2) is 26.1 Å². The van der Waals surface area contributed by atoms with E-state index in [0.29, 0.717) is 12.0 Å². The highest BCUT2D eigenvalue weighted by Crippen LogP contribution is 2.37. The van der Waals surface area contributed by atoms with Crippen LogP contribution >= 0.6 is 0 Å². The normalized spacial score (nSPS) is 13.7. The fourth-order valence-electron chi connectivity index (χ4n) is 1.95. The van der Waals surface area contributed by atoms with E-state index in [1.54, 1.807) is 6.92 Å². The average Bonchev–Trinajstić information content (AvgIpc) is 2.25. The summed E-state index contributed by atoms with van der Waals surface area (Å²) in [6, 6.07) is 3.39. The molecule has 1 atom stereocenters. The molecule has 0 heterocycles. The molecule has 2 nitrogen and oxygen atoms in total. The molecule has 0 fully saturated rings. The Bertz CT molecular complexity index is 443. The van der Waals surface area contributed by atoms with Gasteiger partial charge in [0, 0.05) is 18.8 Å². The number of rotatable bonds is 5. The van der Waals surface area contributed by atoms with Gasteiger partial charge in [-0.3, -0.25) is 0 Å². The number of nitrogens with two attached hydrogens (primary N) is 1. The Kier molecular flexibility index (Phi) is 5.33. The highest BCUT2D eigenvalue weighted by atomic mass is 19.4. The molecule has 0 saturated heterocycles. The van der Waals surface area contributed by atoms with Crippen molar-refractivity contribution in [1.29, 1.82) is 0 Å². The molecule has 0 spiro atoms. The van der Waals surface area contributed by atoms with E-state index in [-0.39, 0.29) is 11.7 Å². The lowest BCUT2D eigenvalue weighted by Crippen LogP contribution is -2.27. The molecule has 0 aromatic heterocycles. The SMILES string of the molecule is CC(N)Cc1ccc(N(C)CC(F)F)c(C(F)(F)F)c1. The van der Waals surface area contributed by atoms with E-state index in [1.165, 1.54) is 19.2 Å². The summed E-state index contributed by atoms with van der Waals surface area (Å²) >= 11 is 0. The van der Waals surface area contributed by atoms with Gasteiger partial charge in [0.05, 0.1) is 12.1 Å². The maximum atomic E-state index is 13.0. The van der Waals surface area contributed by atoms with Crippen LogP contribution in [0.2, 0.25) is 0 Å². The predicted octanol–water partition coefficient (Wildman–Crippen LogP) is 3.30. The zero-order valence-corrected chi connectivity index (χ0v) is 11.2. The molecule has 0 amide bonds. The summed E-state index contributed by atoms with van der Waals surface area (Å²) in [5.41, 5.74) is 4.81. The third-order valence-corrected chi connectivity index (χ3v) is 2.75. The molecule has 7 heteroatoms. The van der Waals surface area contributed by atoms with Gasteiger partial charge in [0.1, 0.15) is 0 Å². The molecule has 0 bridgehead atoms. The van der Waals surface area contributed by atoms with Crippen LogP contribution in [0.4, 0.5) is 27.6 Å². The number of benzene rings is 1. The van der Waals surface area contributed by atoms with Gasteiger partial charge in [-0.05, 0) is 31.0 Å². The van der Waals surface area contributed by atoms with Crippen molar-refractivity contribution in [3.8, 4) is 0 Å². The first-order valence-corrected chi connectivity index (χ1v) is 6.06. The monoisotopic (exact) mass is 296 g/mol. The van der Waals surface area contributed by atoms with Crippen molar-refractivity contribution in [3.05, 3.63) is 29.3 Å². The second kappa shape index (κ2) is 6.39.